The minimum atomic E-state index is 0.435. The first-order valence-electron chi connectivity index (χ1n) is 4.59. The van der Waals surface area contributed by atoms with Gasteiger partial charge in [0.05, 0.1) is 17.2 Å². The average Bonchev–Trinajstić information content (AvgIpc) is 2.51. The Labute approximate surface area is 82.8 Å². The number of thiazole rings is 1. The Hall–Kier alpha value is -0.450. The van der Waals surface area contributed by atoms with E-state index in [0.29, 0.717) is 6.04 Å². The molecule has 1 aliphatic heterocycles. The number of rotatable bonds is 1. The Kier molecular flexibility index (Phi) is 2.62. The number of nitrogens with zero attached hydrogens (tertiary/aromatic N) is 2. The maximum Gasteiger partial charge on any atom is 0.0798 e. The van der Waals surface area contributed by atoms with E-state index < -0.39 is 0 Å². The second kappa shape index (κ2) is 3.74. The van der Waals surface area contributed by atoms with Gasteiger partial charge in [-0.25, -0.2) is 4.98 Å². The summed E-state index contributed by atoms with van der Waals surface area (Å²) < 4.78 is 0. The van der Waals surface area contributed by atoms with Crippen LogP contribution >= 0.6 is 11.3 Å². The Balaban J connectivity index is 2.12. The molecule has 0 saturated carbocycles. The summed E-state index contributed by atoms with van der Waals surface area (Å²) in [4.78, 5) is 8.09. The SMILES string of the molecule is Cc1scnc1C1CN(C)CCN1. The van der Waals surface area contributed by atoms with Gasteiger partial charge < -0.3 is 10.2 Å². The lowest BCUT2D eigenvalue weighted by Gasteiger charge is -2.30. The fourth-order valence-electron chi connectivity index (χ4n) is 1.73. The molecule has 0 amide bonds. The van der Waals surface area contributed by atoms with Crippen LogP contribution in [0.3, 0.4) is 0 Å². The monoisotopic (exact) mass is 197 g/mol. The summed E-state index contributed by atoms with van der Waals surface area (Å²) in [7, 11) is 2.16. The molecule has 2 rings (SSSR count). The van der Waals surface area contributed by atoms with E-state index in [1.165, 1.54) is 10.6 Å². The lowest BCUT2D eigenvalue weighted by atomic mass is 10.1. The number of hydrogen-bond acceptors (Lipinski definition) is 4. The van der Waals surface area contributed by atoms with Crippen molar-refractivity contribution < 1.29 is 0 Å². The smallest absolute Gasteiger partial charge is 0.0798 e. The standard InChI is InChI=1S/C9H15N3S/c1-7-9(11-6-13-7)8-5-12(2)4-3-10-8/h6,8,10H,3-5H2,1-2H3. The van der Waals surface area contributed by atoms with Gasteiger partial charge in [-0.15, -0.1) is 11.3 Å². The van der Waals surface area contributed by atoms with Crippen molar-refractivity contribution in [3.63, 3.8) is 0 Å². The number of piperazine rings is 1. The van der Waals surface area contributed by atoms with Crippen LogP contribution in [0.15, 0.2) is 5.51 Å². The van der Waals surface area contributed by atoms with Crippen LogP contribution in [0.2, 0.25) is 0 Å². The van der Waals surface area contributed by atoms with Crippen molar-refractivity contribution in [2.75, 3.05) is 26.7 Å². The lowest BCUT2D eigenvalue weighted by molar-refractivity contribution is 0.238. The van der Waals surface area contributed by atoms with E-state index in [2.05, 4.69) is 29.2 Å². The van der Waals surface area contributed by atoms with E-state index in [1.807, 2.05) is 5.51 Å². The molecule has 1 N–H and O–H groups in total. The molecule has 13 heavy (non-hydrogen) atoms. The molecule has 1 aromatic heterocycles. The second-order valence-corrected chi connectivity index (χ2v) is 4.62. The maximum absolute atomic E-state index is 4.40. The third-order valence-electron chi connectivity index (χ3n) is 2.49. The van der Waals surface area contributed by atoms with E-state index >= 15 is 0 Å². The third-order valence-corrected chi connectivity index (χ3v) is 3.26. The molecule has 1 unspecified atom stereocenters. The molecule has 0 bridgehead atoms. The highest BCUT2D eigenvalue weighted by Crippen LogP contribution is 2.21. The van der Waals surface area contributed by atoms with E-state index in [0.717, 1.165) is 19.6 Å². The van der Waals surface area contributed by atoms with Gasteiger partial charge in [0.2, 0.25) is 0 Å². The molecule has 3 nitrogen and oxygen atoms in total. The summed E-state index contributed by atoms with van der Waals surface area (Å²) in [5.74, 6) is 0. The van der Waals surface area contributed by atoms with Crippen molar-refractivity contribution in [2.24, 2.45) is 0 Å². The predicted octanol–water partition coefficient (Wildman–Crippen LogP) is 1.03. The number of hydrogen-bond donors (Lipinski definition) is 1. The summed E-state index contributed by atoms with van der Waals surface area (Å²) >= 11 is 1.73. The molecule has 1 atom stereocenters. The minimum Gasteiger partial charge on any atom is -0.306 e. The molecule has 2 heterocycles. The Morgan fingerprint density at radius 2 is 2.54 bits per heavy atom. The molecule has 4 heteroatoms. The summed E-state index contributed by atoms with van der Waals surface area (Å²) in [6, 6.07) is 0.435. The first-order chi connectivity index (χ1) is 6.27. The van der Waals surface area contributed by atoms with E-state index in [1.54, 1.807) is 11.3 Å². The van der Waals surface area contributed by atoms with Crippen molar-refractivity contribution in [2.45, 2.75) is 13.0 Å². The quantitative estimate of drug-likeness (QED) is 0.729. The van der Waals surface area contributed by atoms with Crippen LogP contribution < -0.4 is 5.32 Å². The highest BCUT2D eigenvalue weighted by molar-refractivity contribution is 7.09. The van der Waals surface area contributed by atoms with Gasteiger partial charge in [0, 0.05) is 24.5 Å². The Morgan fingerprint density at radius 1 is 1.69 bits per heavy atom. The topological polar surface area (TPSA) is 28.2 Å². The number of likely N-dealkylation sites (N-methyl/N-ethyl adjacent to an activating group) is 1. The summed E-state index contributed by atoms with van der Waals surface area (Å²) in [5.41, 5.74) is 3.16. The first-order valence-corrected chi connectivity index (χ1v) is 5.47. The summed E-state index contributed by atoms with van der Waals surface area (Å²) in [5, 5.41) is 3.50. The zero-order chi connectivity index (χ0) is 9.26. The number of nitrogens with one attached hydrogen (secondary N) is 1. The van der Waals surface area contributed by atoms with E-state index in [9.17, 15) is 0 Å². The third kappa shape index (κ3) is 1.90. The van der Waals surface area contributed by atoms with Crippen LogP contribution in [0, 0.1) is 6.92 Å². The maximum atomic E-state index is 4.40. The van der Waals surface area contributed by atoms with Crippen molar-refractivity contribution in [1.82, 2.24) is 15.2 Å². The molecule has 0 radical (unpaired) electrons. The molecule has 72 valence electrons. The van der Waals surface area contributed by atoms with Gasteiger partial charge in [-0.3, -0.25) is 0 Å². The van der Waals surface area contributed by atoms with Crippen molar-refractivity contribution >= 4 is 11.3 Å². The van der Waals surface area contributed by atoms with Crippen LogP contribution in [0.5, 0.6) is 0 Å². The van der Waals surface area contributed by atoms with Crippen LogP contribution in [-0.2, 0) is 0 Å². The Bertz CT molecular complexity index is 284. The van der Waals surface area contributed by atoms with E-state index in [4.69, 9.17) is 0 Å². The first kappa shape index (κ1) is 9.12. The lowest BCUT2D eigenvalue weighted by Crippen LogP contribution is -2.44. The van der Waals surface area contributed by atoms with Gasteiger partial charge >= 0.3 is 0 Å². The average molecular weight is 197 g/mol. The Morgan fingerprint density at radius 3 is 3.15 bits per heavy atom. The second-order valence-electron chi connectivity index (χ2n) is 3.56. The van der Waals surface area contributed by atoms with Crippen LogP contribution in [0.25, 0.3) is 0 Å². The zero-order valence-electron chi connectivity index (χ0n) is 8.08. The zero-order valence-corrected chi connectivity index (χ0v) is 8.90. The number of aromatic nitrogens is 1. The van der Waals surface area contributed by atoms with Crippen LogP contribution in [0.1, 0.15) is 16.6 Å². The molecule has 1 saturated heterocycles. The summed E-state index contributed by atoms with van der Waals surface area (Å²) in [6.07, 6.45) is 0. The molecule has 1 fully saturated rings. The highest BCUT2D eigenvalue weighted by Gasteiger charge is 2.21. The van der Waals surface area contributed by atoms with Gasteiger partial charge in [-0.1, -0.05) is 0 Å². The van der Waals surface area contributed by atoms with E-state index in [-0.39, 0.29) is 0 Å². The van der Waals surface area contributed by atoms with Gasteiger partial charge in [0.15, 0.2) is 0 Å². The predicted molar refractivity (Wildman–Crippen MR) is 55.1 cm³/mol. The van der Waals surface area contributed by atoms with Crippen molar-refractivity contribution in [3.8, 4) is 0 Å². The summed E-state index contributed by atoms with van der Waals surface area (Å²) in [6.45, 7) is 5.42. The fraction of sp³-hybridized carbons (Fsp3) is 0.667. The molecule has 0 aliphatic carbocycles. The van der Waals surface area contributed by atoms with Gasteiger partial charge in [0.25, 0.3) is 0 Å². The number of aryl methyl sites for hydroxylation is 1. The van der Waals surface area contributed by atoms with Crippen molar-refractivity contribution in [3.05, 3.63) is 16.1 Å². The van der Waals surface area contributed by atoms with Crippen LogP contribution in [0.4, 0.5) is 0 Å². The molecule has 1 aliphatic rings. The van der Waals surface area contributed by atoms with Gasteiger partial charge in [0.1, 0.15) is 0 Å². The van der Waals surface area contributed by atoms with Crippen molar-refractivity contribution in [1.29, 1.82) is 0 Å². The largest absolute Gasteiger partial charge is 0.306 e. The van der Waals surface area contributed by atoms with Gasteiger partial charge in [-0.05, 0) is 14.0 Å². The normalized spacial score (nSPS) is 24.9. The molecular formula is C9H15N3S. The molecule has 0 spiro atoms. The fourth-order valence-corrected chi connectivity index (χ4v) is 2.37. The highest BCUT2D eigenvalue weighted by atomic mass is 32.1. The minimum absolute atomic E-state index is 0.435. The molecule has 1 aromatic rings. The van der Waals surface area contributed by atoms with Gasteiger partial charge in [-0.2, -0.15) is 0 Å². The molecular weight excluding hydrogens is 182 g/mol. The molecule has 0 aromatic carbocycles. The van der Waals surface area contributed by atoms with Crippen LogP contribution in [-0.4, -0.2) is 36.6 Å².